The Morgan fingerprint density at radius 3 is 2.67 bits per heavy atom. The lowest BCUT2D eigenvalue weighted by Gasteiger charge is -2.12. The predicted octanol–water partition coefficient (Wildman–Crippen LogP) is 5.25. The molecule has 3 nitrogen and oxygen atoms in total. The average molecular weight is 397 g/mol. The van der Waals surface area contributed by atoms with Crippen LogP contribution in [0.3, 0.4) is 0 Å². The number of halogens is 1. The zero-order valence-corrected chi connectivity index (χ0v) is 16.3. The van der Waals surface area contributed by atoms with Gasteiger partial charge in [0, 0.05) is 11.3 Å². The van der Waals surface area contributed by atoms with E-state index in [9.17, 15) is 9.18 Å². The Balaban J connectivity index is 1.72. The lowest BCUT2D eigenvalue weighted by Crippen LogP contribution is -2.23. The summed E-state index contributed by atoms with van der Waals surface area (Å²) in [7, 11) is 0. The van der Waals surface area contributed by atoms with Gasteiger partial charge in [-0.15, -0.1) is 11.3 Å². The topological polar surface area (TPSA) is 34.9 Å². The second kappa shape index (κ2) is 7.66. The van der Waals surface area contributed by atoms with Gasteiger partial charge < -0.3 is 0 Å². The molecule has 0 fully saturated rings. The number of aromatic nitrogens is 2. The van der Waals surface area contributed by atoms with Crippen LogP contribution >= 0.6 is 23.1 Å². The fourth-order valence-electron chi connectivity index (χ4n) is 2.80. The van der Waals surface area contributed by atoms with Crippen LogP contribution in [-0.4, -0.2) is 9.55 Å². The van der Waals surface area contributed by atoms with Crippen molar-refractivity contribution in [1.29, 1.82) is 0 Å². The summed E-state index contributed by atoms with van der Waals surface area (Å²) in [6, 6.07) is 16.7. The fourth-order valence-corrected chi connectivity index (χ4v) is 4.54. The van der Waals surface area contributed by atoms with Crippen LogP contribution in [0.5, 0.6) is 0 Å². The molecule has 2 heterocycles. The van der Waals surface area contributed by atoms with Crippen molar-refractivity contribution in [3.63, 3.8) is 0 Å². The number of thioether (sulfide) groups is 1. The van der Waals surface area contributed by atoms with Crippen molar-refractivity contribution in [3.05, 3.63) is 92.8 Å². The van der Waals surface area contributed by atoms with Crippen LogP contribution in [-0.2, 0) is 12.3 Å². The van der Waals surface area contributed by atoms with Gasteiger partial charge in [0.1, 0.15) is 10.5 Å². The molecule has 0 N–H and O–H groups in total. The highest BCUT2D eigenvalue weighted by Crippen LogP contribution is 2.25. The van der Waals surface area contributed by atoms with E-state index >= 15 is 0 Å². The van der Waals surface area contributed by atoms with Crippen LogP contribution in [0.2, 0.25) is 0 Å². The predicted molar refractivity (Wildman–Crippen MR) is 110 cm³/mol. The highest BCUT2D eigenvalue weighted by Gasteiger charge is 2.14. The molecule has 2 aromatic heterocycles. The van der Waals surface area contributed by atoms with Gasteiger partial charge in [0.05, 0.1) is 12.1 Å². The molecular weight excluding hydrogens is 379 g/mol. The van der Waals surface area contributed by atoms with Crippen molar-refractivity contribution in [1.82, 2.24) is 9.55 Å². The molecule has 0 saturated heterocycles. The Kier molecular flexibility index (Phi) is 5.09. The van der Waals surface area contributed by atoms with Gasteiger partial charge >= 0.3 is 0 Å². The van der Waals surface area contributed by atoms with Gasteiger partial charge in [-0.2, -0.15) is 0 Å². The van der Waals surface area contributed by atoms with E-state index < -0.39 is 0 Å². The van der Waals surface area contributed by atoms with Crippen LogP contribution in [0.4, 0.5) is 4.39 Å². The molecule has 136 valence electrons. The van der Waals surface area contributed by atoms with Gasteiger partial charge in [-0.05, 0) is 30.0 Å². The molecule has 0 saturated carbocycles. The smallest absolute Gasteiger partial charge is 0.272 e. The van der Waals surface area contributed by atoms with Crippen LogP contribution in [0.25, 0.3) is 10.2 Å². The molecule has 0 aliphatic heterocycles. The average Bonchev–Trinajstić information content (AvgIpc) is 3.14. The summed E-state index contributed by atoms with van der Waals surface area (Å²) in [6.45, 7) is 2.22. The second-order valence-electron chi connectivity index (χ2n) is 6.29. The number of hydrogen-bond donors (Lipinski definition) is 0. The minimum atomic E-state index is -0.315. The van der Waals surface area contributed by atoms with Crippen LogP contribution in [0.15, 0.2) is 69.9 Å². The van der Waals surface area contributed by atoms with E-state index in [2.05, 4.69) is 36.2 Å². The number of hydrogen-bond acceptors (Lipinski definition) is 4. The van der Waals surface area contributed by atoms with Gasteiger partial charge in [0.25, 0.3) is 5.56 Å². The number of nitrogens with zero attached hydrogens (tertiary/aromatic N) is 2. The lowest BCUT2D eigenvalue weighted by molar-refractivity contribution is 0.580. The van der Waals surface area contributed by atoms with E-state index in [0.717, 1.165) is 5.56 Å². The van der Waals surface area contributed by atoms with Gasteiger partial charge in [-0.1, -0.05) is 59.8 Å². The first-order valence-electron chi connectivity index (χ1n) is 8.51. The Hall–Kier alpha value is -2.44. The highest BCUT2D eigenvalue weighted by molar-refractivity contribution is 7.98. The number of benzene rings is 2. The number of fused-ring (bicyclic) bond motifs is 1. The van der Waals surface area contributed by atoms with Crippen LogP contribution in [0.1, 0.15) is 16.7 Å². The van der Waals surface area contributed by atoms with E-state index in [1.54, 1.807) is 22.8 Å². The van der Waals surface area contributed by atoms with Crippen molar-refractivity contribution < 1.29 is 4.39 Å². The molecule has 0 atom stereocenters. The molecule has 2 aromatic carbocycles. The Labute approximate surface area is 164 Å². The molecule has 0 aliphatic carbocycles. The van der Waals surface area contributed by atoms with Crippen LogP contribution in [0, 0.1) is 12.7 Å². The van der Waals surface area contributed by atoms with E-state index in [-0.39, 0.29) is 17.9 Å². The summed E-state index contributed by atoms with van der Waals surface area (Å²) in [6.07, 6.45) is 0. The quantitative estimate of drug-likeness (QED) is 0.341. The number of rotatable bonds is 5. The molecule has 6 heteroatoms. The third-order valence-electron chi connectivity index (χ3n) is 4.31. The van der Waals surface area contributed by atoms with Gasteiger partial charge in [0.15, 0.2) is 5.16 Å². The molecule has 4 rings (SSSR count). The zero-order chi connectivity index (χ0) is 18.8. The van der Waals surface area contributed by atoms with Gasteiger partial charge in [0.2, 0.25) is 0 Å². The molecule has 0 amide bonds. The molecular formula is C21H17FN2OS2. The first-order valence-corrected chi connectivity index (χ1v) is 10.4. The minimum Gasteiger partial charge on any atom is -0.282 e. The van der Waals surface area contributed by atoms with Crippen LogP contribution < -0.4 is 5.56 Å². The van der Waals surface area contributed by atoms with E-state index in [0.29, 0.717) is 26.7 Å². The molecule has 27 heavy (non-hydrogen) atoms. The normalized spacial score (nSPS) is 11.2. The summed E-state index contributed by atoms with van der Waals surface area (Å²) in [5.74, 6) is 0.379. The summed E-state index contributed by atoms with van der Waals surface area (Å²) < 4.78 is 16.3. The molecule has 0 radical (unpaired) electrons. The SMILES string of the molecule is Cc1ccc(CSc2nc3ccsc3c(=O)n2Cc2ccccc2F)cc1. The largest absolute Gasteiger partial charge is 0.282 e. The van der Waals surface area contributed by atoms with Gasteiger partial charge in [-0.3, -0.25) is 9.36 Å². The fraction of sp³-hybridized carbons (Fsp3) is 0.143. The molecule has 0 bridgehead atoms. The van der Waals surface area contributed by atoms with E-state index in [1.165, 1.54) is 34.7 Å². The maximum absolute atomic E-state index is 14.1. The Morgan fingerprint density at radius 2 is 1.89 bits per heavy atom. The summed E-state index contributed by atoms with van der Waals surface area (Å²) in [5, 5.41) is 2.47. The third kappa shape index (κ3) is 3.82. The molecule has 4 aromatic rings. The van der Waals surface area contributed by atoms with E-state index in [1.807, 2.05) is 11.4 Å². The molecule has 0 spiro atoms. The Morgan fingerprint density at radius 1 is 1.11 bits per heavy atom. The third-order valence-corrected chi connectivity index (χ3v) is 6.24. The first kappa shape index (κ1) is 17.9. The van der Waals surface area contributed by atoms with Crippen molar-refractivity contribution in [2.75, 3.05) is 0 Å². The van der Waals surface area contributed by atoms with Gasteiger partial charge in [-0.25, -0.2) is 9.37 Å². The standard InChI is InChI=1S/C21H17FN2OS2/c1-14-6-8-15(9-7-14)13-27-21-23-18-10-11-26-19(18)20(25)24(21)12-16-4-2-3-5-17(16)22/h2-11H,12-13H2,1H3. The monoisotopic (exact) mass is 396 g/mol. The maximum Gasteiger partial charge on any atom is 0.272 e. The first-order chi connectivity index (χ1) is 13.1. The van der Waals surface area contributed by atoms with Crippen molar-refractivity contribution in [3.8, 4) is 0 Å². The van der Waals surface area contributed by atoms with E-state index in [4.69, 9.17) is 0 Å². The number of thiophene rings is 1. The Bertz CT molecular complexity index is 1150. The highest BCUT2D eigenvalue weighted by atomic mass is 32.2. The van der Waals surface area contributed by atoms with Crippen molar-refractivity contribution in [2.24, 2.45) is 0 Å². The van der Waals surface area contributed by atoms with Crippen molar-refractivity contribution in [2.45, 2.75) is 24.4 Å². The summed E-state index contributed by atoms with van der Waals surface area (Å²) in [4.78, 5) is 17.6. The molecule has 0 unspecified atom stereocenters. The lowest BCUT2D eigenvalue weighted by atomic mass is 10.2. The second-order valence-corrected chi connectivity index (χ2v) is 8.14. The summed E-state index contributed by atoms with van der Waals surface area (Å²) in [5.41, 5.74) is 3.42. The summed E-state index contributed by atoms with van der Waals surface area (Å²) >= 11 is 2.87. The maximum atomic E-state index is 14.1. The molecule has 0 aliphatic rings. The van der Waals surface area contributed by atoms with Crippen molar-refractivity contribution >= 4 is 33.3 Å². The minimum absolute atomic E-state index is 0.121. The number of aryl methyl sites for hydroxylation is 1. The zero-order valence-electron chi connectivity index (χ0n) is 14.7.